The topological polar surface area (TPSA) is 67.2 Å². The second-order valence-electron chi connectivity index (χ2n) is 4.48. The van der Waals surface area contributed by atoms with Gasteiger partial charge in [0.25, 0.3) is 6.01 Å². The first kappa shape index (κ1) is 11.1. The van der Waals surface area contributed by atoms with Gasteiger partial charge in [0.15, 0.2) is 5.58 Å². The predicted molar refractivity (Wildman–Crippen MR) is 68.2 cm³/mol. The van der Waals surface area contributed by atoms with Crippen molar-refractivity contribution in [3.8, 4) is 0 Å². The Balaban J connectivity index is 1.48. The van der Waals surface area contributed by atoms with Crippen LogP contribution in [0.2, 0.25) is 0 Å². The molecule has 1 fully saturated rings. The van der Waals surface area contributed by atoms with Crippen molar-refractivity contribution in [3.63, 3.8) is 0 Å². The number of anilines is 1. The van der Waals surface area contributed by atoms with E-state index in [-0.39, 0.29) is 11.8 Å². The molecule has 1 aromatic carbocycles. The minimum atomic E-state index is 0.161. The van der Waals surface area contributed by atoms with Crippen LogP contribution in [0, 0.1) is 5.92 Å². The minimum absolute atomic E-state index is 0.161. The van der Waals surface area contributed by atoms with Gasteiger partial charge in [-0.1, -0.05) is 12.1 Å². The second-order valence-corrected chi connectivity index (χ2v) is 4.48. The number of hydrogen-bond donors (Lipinski definition) is 2. The summed E-state index contributed by atoms with van der Waals surface area (Å²) in [5.41, 5.74) is 1.60. The van der Waals surface area contributed by atoms with Gasteiger partial charge in [0.2, 0.25) is 5.91 Å². The van der Waals surface area contributed by atoms with E-state index in [0.717, 1.165) is 23.9 Å². The molecule has 0 radical (unpaired) electrons. The molecule has 0 saturated heterocycles. The fourth-order valence-corrected chi connectivity index (χ4v) is 1.79. The molecule has 0 unspecified atom stereocenters. The summed E-state index contributed by atoms with van der Waals surface area (Å²) in [7, 11) is 0. The lowest BCUT2D eigenvalue weighted by Gasteiger charge is -2.03. The third-order valence-electron chi connectivity index (χ3n) is 2.94. The molecule has 1 saturated carbocycles. The van der Waals surface area contributed by atoms with Crippen LogP contribution in [0.4, 0.5) is 6.01 Å². The summed E-state index contributed by atoms with van der Waals surface area (Å²) in [5.74, 6) is 0.420. The number of nitrogens with zero attached hydrogens (tertiary/aromatic N) is 1. The smallest absolute Gasteiger partial charge is 0.295 e. The first-order valence-corrected chi connectivity index (χ1v) is 6.20. The first-order valence-electron chi connectivity index (χ1n) is 6.20. The molecular weight excluding hydrogens is 230 g/mol. The molecule has 18 heavy (non-hydrogen) atoms. The monoisotopic (exact) mass is 245 g/mol. The van der Waals surface area contributed by atoms with Gasteiger partial charge in [0.1, 0.15) is 5.52 Å². The molecule has 0 aliphatic heterocycles. The fourth-order valence-electron chi connectivity index (χ4n) is 1.79. The third-order valence-corrected chi connectivity index (χ3v) is 2.94. The van der Waals surface area contributed by atoms with Crippen LogP contribution >= 0.6 is 0 Å². The van der Waals surface area contributed by atoms with Crippen molar-refractivity contribution in [2.75, 3.05) is 18.4 Å². The van der Waals surface area contributed by atoms with Crippen LogP contribution in [-0.4, -0.2) is 24.0 Å². The van der Waals surface area contributed by atoms with Crippen LogP contribution in [0.25, 0.3) is 11.1 Å². The van der Waals surface area contributed by atoms with Crippen LogP contribution in [0.5, 0.6) is 0 Å². The summed E-state index contributed by atoms with van der Waals surface area (Å²) >= 11 is 0. The Kier molecular flexibility index (Phi) is 2.88. The highest BCUT2D eigenvalue weighted by Crippen LogP contribution is 2.28. The van der Waals surface area contributed by atoms with Gasteiger partial charge in [-0.05, 0) is 25.0 Å². The van der Waals surface area contributed by atoms with Crippen molar-refractivity contribution in [3.05, 3.63) is 24.3 Å². The summed E-state index contributed by atoms with van der Waals surface area (Å²) in [6, 6.07) is 8.11. The van der Waals surface area contributed by atoms with E-state index in [1.54, 1.807) is 0 Å². The van der Waals surface area contributed by atoms with Gasteiger partial charge in [0.05, 0.1) is 0 Å². The number of amides is 1. The van der Waals surface area contributed by atoms with Gasteiger partial charge in [0, 0.05) is 19.0 Å². The van der Waals surface area contributed by atoms with Gasteiger partial charge < -0.3 is 15.1 Å². The Morgan fingerprint density at radius 1 is 1.33 bits per heavy atom. The van der Waals surface area contributed by atoms with Crippen LogP contribution < -0.4 is 10.6 Å². The highest BCUT2D eigenvalue weighted by molar-refractivity contribution is 5.80. The Morgan fingerprint density at radius 2 is 2.17 bits per heavy atom. The van der Waals surface area contributed by atoms with E-state index in [4.69, 9.17) is 4.42 Å². The molecule has 1 aliphatic carbocycles. The molecule has 0 spiro atoms. The van der Waals surface area contributed by atoms with Crippen molar-refractivity contribution in [2.24, 2.45) is 5.92 Å². The molecule has 2 N–H and O–H groups in total. The maximum absolute atomic E-state index is 11.4. The molecule has 2 aromatic rings. The number of nitrogens with one attached hydrogen (secondary N) is 2. The van der Waals surface area contributed by atoms with Gasteiger partial charge in [-0.25, -0.2) is 0 Å². The number of carbonyl (C=O) groups excluding carboxylic acids is 1. The molecule has 0 bridgehead atoms. The number of carbonyl (C=O) groups is 1. The highest BCUT2D eigenvalue weighted by Gasteiger charge is 2.28. The van der Waals surface area contributed by atoms with Crippen LogP contribution in [0.3, 0.4) is 0 Å². The van der Waals surface area contributed by atoms with Crippen LogP contribution in [-0.2, 0) is 4.79 Å². The zero-order chi connectivity index (χ0) is 12.4. The lowest BCUT2D eigenvalue weighted by Crippen LogP contribution is -2.29. The van der Waals surface area contributed by atoms with E-state index in [0.29, 0.717) is 19.1 Å². The van der Waals surface area contributed by atoms with Crippen molar-refractivity contribution >= 4 is 23.0 Å². The lowest BCUT2D eigenvalue weighted by atomic mass is 10.3. The second kappa shape index (κ2) is 4.68. The summed E-state index contributed by atoms with van der Waals surface area (Å²) in [5, 5.41) is 5.93. The molecule has 1 amide bonds. The molecule has 1 aromatic heterocycles. The number of aromatic nitrogens is 1. The van der Waals surface area contributed by atoms with E-state index in [1.165, 1.54) is 0 Å². The minimum Gasteiger partial charge on any atom is -0.424 e. The van der Waals surface area contributed by atoms with Crippen LogP contribution in [0.1, 0.15) is 12.8 Å². The molecule has 1 aliphatic rings. The molecule has 3 rings (SSSR count). The van der Waals surface area contributed by atoms with Gasteiger partial charge in [-0.15, -0.1) is 0 Å². The average molecular weight is 245 g/mol. The Labute approximate surface area is 105 Å². The molecule has 5 nitrogen and oxygen atoms in total. The van der Waals surface area contributed by atoms with Gasteiger partial charge in [-0.3, -0.25) is 4.79 Å². The molecule has 5 heteroatoms. The number of oxazole rings is 1. The number of fused-ring (bicyclic) bond motifs is 1. The van der Waals surface area contributed by atoms with Crippen molar-refractivity contribution in [1.82, 2.24) is 10.3 Å². The van der Waals surface area contributed by atoms with Crippen LogP contribution in [0.15, 0.2) is 28.7 Å². The normalized spacial score (nSPS) is 14.7. The summed E-state index contributed by atoms with van der Waals surface area (Å²) in [6.07, 6.45) is 2.06. The maximum atomic E-state index is 11.4. The zero-order valence-electron chi connectivity index (χ0n) is 9.98. The van der Waals surface area contributed by atoms with E-state index in [2.05, 4.69) is 15.6 Å². The number of para-hydroxylation sites is 2. The maximum Gasteiger partial charge on any atom is 0.295 e. The highest BCUT2D eigenvalue weighted by atomic mass is 16.4. The molecule has 0 atom stereocenters. The van der Waals surface area contributed by atoms with Crippen molar-refractivity contribution < 1.29 is 9.21 Å². The molecule has 1 heterocycles. The third kappa shape index (κ3) is 2.45. The van der Waals surface area contributed by atoms with Crippen molar-refractivity contribution in [1.29, 1.82) is 0 Å². The zero-order valence-corrected chi connectivity index (χ0v) is 9.98. The SMILES string of the molecule is O=C(NCCNc1nc2ccccc2o1)C1CC1. The largest absolute Gasteiger partial charge is 0.424 e. The lowest BCUT2D eigenvalue weighted by molar-refractivity contribution is -0.122. The van der Waals surface area contributed by atoms with E-state index in [9.17, 15) is 4.79 Å². The number of hydrogen-bond acceptors (Lipinski definition) is 4. The van der Waals surface area contributed by atoms with Gasteiger partial charge >= 0.3 is 0 Å². The molecule has 94 valence electrons. The Morgan fingerprint density at radius 3 is 2.94 bits per heavy atom. The Bertz CT molecular complexity index is 527. The average Bonchev–Trinajstić information content (AvgIpc) is 3.14. The van der Waals surface area contributed by atoms with Gasteiger partial charge in [-0.2, -0.15) is 4.98 Å². The summed E-state index contributed by atoms with van der Waals surface area (Å²) in [6.45, 7) is 1.21. The molecular formula is C13H15N3O2. The Hall–Kier alpha value is -2.04. The fraction of sp³-hybridized carbons (Fsp3) is 0.385. The number of rotatable bonds is 5. The summed E-state index contributed by atoms with van der Waals surface area (Å²) < 4.78 is 5.50. The first-order chi connectivity index (χ1) is 8.83. The standard InChI is InChI=1S/C13H15N3O2/c17-12(9-5-6-9)14-7-8-15-13-16-10-3-1-2-4-11(10)18-13/h1-4,9H,5-8H2,(H,14,17)(H,15,16). The quantitative estimate of drug-likeness (QED) is 0.788. The van der Waals surface area contributed by atoms with Crippen molar-refractivity contribution in [2.45, 2.75) is 12.8 Å². The van der Waals surface area contributed by atoms with E-state index in [1.807, 2.05) is 24.3 Å². The number of benzene rings is 1. The van der Waals surface area contributed by atoms with E-state index >= 15 is 0 Å². The summed E-state index contributed by atoms with van der Waals surface area (Å²) in [4.78, 5) is 15.7. The predicted octanol–water partition coefficient (Wildman–Crippen LogP) is 1.77. The van der Waals surface area contributed by atoms with E-state index < -0.39 is 0 Å².